The zero-order chi connectivity index (χ0) is 52.6. The van der Waals surface area contributed by atoms with Crippen LogP contribution in [0.3, 0.4) is 0 Å². The second kappa shape index (κ2) is 25.2. The minimum Gasteiger partial charge on any atom is -0.480 e. The summed E-state index contributed by atoms with van der Waals surface area (Å²) in [5, 5.41) is 1.72. The van der Waals surface area contributed by atoms with Gasteiger partial charge in [-0.2, -0.15) is 9.97 Å². The first kappa shape index (κ1) is 55.9. The molecule has 2 saturated carbocycles. The Kier molecular flexibility index (Phi) is 19.0. The molecule has 4 heterocycles. The normalized spacial score (nSPS) is 18.8. The minimum atomic E-state index is -2.27. The van der Waals surface area contributed by atoms with E-state index in [1.54, 1.807) is 13.2 Å². The Bertz CT molecular complexity index is 2580. The highest BCUT2D eigenvalue weighted by molar-refractivity contribution is 6.90. The number of pyridine rings is 1. The number of methoxy groups -OCH3 is 1. The van der Waals surface area contributed by atoms with Crippen LogP contribution in [0, 0.1) is 47.3 Å². The third kappa shape index (κ3) is 12.9. The van der Waals surface area contributed by atoms with Crippen molar-refractivity contribution in [1.29, 1.82) is 0 Å². The van der Waals surface area contributed by atoms with Crippen LogP contribution in [0.5, 0.6) is 11.9 Å². The Labute approximate surface area is 444 Å². The molecule has 4 aliphatic rings. The van der Waals surface area contributed by atoms with E-state index in [9.17, 15) is 4.79 Å². The molecule has 8 rings (SSSR count). The summed E-state index contributed by atoms with van der Waals surface area (Å²) < 4.78 is 47.1. The van der Waals surface area contributed by atoms with Crippen LogP contribution in [0.2, 0.25) is 16.6 Å². The Balaban J connectivity index is 0.989. The van der Waals surface area contributed by atoms with Gasteiger partial charge in [0.25, 0.3) is 0 Å². The number of amides is 1. The summed E-state index contributed by atoms with van der Waals surface area (Å²) in [6, 6.07) is 7.27. The fraction of sp³-hybridized carbons (Fsp3) is 0.677. The van der Waals surface area contributed by atoms with Crippen molar-refractivity contribution in [2.75, 3.05) is 64.4 Å². The number of piperidine rings is 1. The number of rotatable bonds is 25. The second-order valence-corrected chi connectivity index (χ2v) is 29.8. The third-order valence-corrected chi connectivity index (χ3v) is 24.1. The van der Waals surface area contributed by atoms with Crippen LogP contribution in [0.4, 0.5) is 14.6 Å². The zero-order valence-corrected chi connectivity index (χ0v) is 48.0. The lowest BCUT2D eigenvalue weighted by Crippen LogP contribution is -2.50. The number of ether oxygens (including phenoxy) is 2. The van der Waals surface area contributed by atoms with Gasteiger partial charge in [-0.25, -0.2) is 13.8 Å². The molecule has 4 aromatic rings. The molecule has 0 radical (unpaired) electrons. The van der Waals surface area contributed by atoms with Crippen LogP contribution < -0.4 is 14.4 Å². The fourth-order valence-corrected chi connectivity index (χ4v) is 18.6. The highest BCUT2D eigenvalue weighted by Crippen LogP contribution is 2.48. The average Bonchev–Trinajstić information content (AvgIpc) is 4.07. The average molecular weight is 1030 g/mol. The molecule has 2 bridgehead atoms. The summed E-state index contributed by atoms with van der Waals surface area (Å²) >= 11 is 0. The van der Waals surface area contributed by atoms with Crippen molar-refractivity contribution in [1.82, 2.24) is 24.8 Å². The quantitative estimate of drug-likeness (QED) is 0.0369. The van der Waals surface area contributed by atoms with E-state index in [4.69, 9.17) is 24.4 Å². The van der Waals surface area contributed by atoms with Gasteiger partial charge < -0.3 is 19.3 Å². The van der Waals surface area contributed by atoms with E-state index in [0.717, 1.165) is 82.4 Å². The van der Waals surface area contributed by atoms with Crippen LogP contribution in [-0.4, -0.2) is 98.3 Å². The summed E-state index contributed by atoms with van der Waals surface area (Å²) in [6.45, 7) is 23.8. The monoisotopic (exact) mass is 1030 g/mol. The Morgan fingerprint density at radius 3 is 1.99 bits per heavy atom. The van der Waals surface area contributed by atoms with Crippen molar-refractivity contribution in [3.63, 3.8) is 0 Å². The largest absolute Gasteiger partial charge is 0.480 e. The molecule has 2 aromatic heterocycles. The SMILES string of the molecule is CCCCCCCCCCCCCCCC(=O)N1CCN(CC2(COc3nc(N4CC5CCC(C5)C4)c4c(OC)nc(-c5cc(C)cc6ccc(F)c(C#C[Si](C(C)C)(C(C)C)C(C)C)c56)c(F)c4n3)CC2)CC1. The van der Waals surface area contributed by atoms with Gasteiger partial charge in [0.1, 0.15) is 36.3 Å². The zero-order valence-electron chi connectivity index (χ0n) is 47.0. The Morgan fingerprint density at radius 2 is 1.41 bits per heavy atom. The van der Waals surface area contributed by atoms with Gasteiger partial charge in [-0.1, -0.05) is 144 Å². The van der Waals surface area contributed by atoms with E-state index in [0.29, 0.717) is 69.5 Å². The maximum absolute atomic E-state index is 18.0. The summed E-state index contributed by atoms with van der Waals surface area (Å²) in [4.78, 5) is 35.0. The molecule has 2 unspecified atom stereocenters. The molecule has 2 aliphatic carbocycles. The van der Waals surface area contributed by atoms with E-state index in [1.807, 2.05) is 19.1 Å². The van der Waals surface area contributed by atoms with Crippen molar-refractivity contribution in [3.8, 4) is 34.6 Å². The summed E-state index contributed by atoms with van der Waals surface area (Å²) in [7, 11) is -0.707. The fourth-order valence-electron chi connectivity index (χ4n) is 13.4. The number of nitrogens with zero attached hydrogens (tertiary/aromatic N) is 6. The molecule has 12 heteroatoms. The lowest BCUT2D eigenvalue weighted by atomic mass is 9.94. The third-order valence-electron chi connectivity index (χ3n) is 17.8. The van der Waals surface area contributed by atoms with Crippen molar-refractivity contribution in [3.05, 3.63) is 47.0 Å². The molecule has 2 saturated heterocycles. The van der Waals surface area contributed by atoms with Crippen LogP contribution in [0.1, 0.15) is 182 Å². The second-order valence-electron chi connectivity index (χ2n) is 24.2. The summed E-state index contributed by atoms with van der Waals surface area (Å²) in [5.74, 6) is 4.53. The van der Waals surface area contributed by atoms with Gasteiger partial charge >= 0.3 is 6.01 Å². The molecule has 9 nitrogen and oxygen atoms in total. The molecule has 0 spiro atoms. The van der Waals surface area contributed by atoms with Gasteiger partial charge in [0.05, 0.1) is 19.3 Å². The molecular formula is C62H90F2N6O3Si. The van der Waals surface area contributed by atoms with E-state index in [2.05, 4.69) is 74.6 Å². The lowest BCUT2D eigenvalue weighted by Gasteiger charge is -2.38. The van der Waals surface area contributed by atoms with Gasteiger partial charge in [-0.05, 0) is 97.0 Å². The predicted molar refractivity (Wildman–Crippen MR) is 303 cm³/mol. The van der Waals surface area contributed by atoms with Crippen LogP contribution >= 0.6 is 0 Å². The topological polar surface area (TPSA) is 83.9 Å². The minimum absolute atomic E-state index is 0.0340. The number of benzene rings is 2. The smallest absolute Gasteiger partial charge is 0.319 e. The highest BCUT2D eigenvalue weighted by Gasteiger charge is 2.46. The van der Waals surface area contributed by atoms with Gasteiger partial charge in [-0.3, -0.25) is 9.69 Å². The first-order chi connectivity index (χ1) is 35.7. The first-order valence-electron chi connectivity index (χ1n) is 29.3. The van der Waals surface area contributed by atoms with Crippen molar-refractivity contribution in [2.45, 2.75) is 194 Å². The molecule has 2 aliphatic heterocycles. The standard InChI is InChI=1S/C62H90F2N6O3Si/c1-10-11-12-13-14-15-16-17-18-19-20-21-22-23-53(71)69-33-31-68(32-34-69)41-62(29-30-62)42-73-61-66-58-55(59(67-61)70-39-47-24-25-48(38-47)40-70)60(72-9)65-57(56(58)64)51-37-46(8)36-49-26-27-52(63)50(54(49)51)28-35-74(43(2)3,44(4)5)45(6)7/h26-27,36-37,43-45,47-48H,10-25,29-34,38-42H2,1-9H3. The van der Waals surface area contributed by atoms with Crippen LogP contribution in [0.15, 0.2) is 24.3 Å². The van der Waals surface area contributed by atoms with Crippen molar-refractivity contribution < 1.29 is 23.0 Å². The first-order valence-corrected chi connectivity index (χ1v) is 31.5. The molecule has 4 fully saturated rings. The van der Waals surface area contributed by atoms with E-state index < -0.39 is 19.7 Å². The molecule has 404 valence electrons. The molecule has 2 aromatic carbocycles. The molecule has 74 heavy (non-hydrogen) atoms. The predicted octanol–water partition coefficient (Wildman–Crippen LogP) is 15.0. The number of piperazine rings is 1. The van der Waals surface area contributed by atoms with E-state index in [-0.39, 0.29) is 34.1 Å². The van der Waals surface area contributed by atoms with Gasteiger partial charge in [0.2, 0.25) is 11.8 Å². The Morgan fingerprint density at radius 1 is 0.797 bits per heavy atom. The van der Waals surface area contributed by atoms with Gasteiger partial charge in [0.15, 0.2) is 5.82 Å². The number of hydrogen-bond donors (Lipinski definition) is 0. The van der Waals surface area contributed by atoms with Crippen LogP contribution in [0.25, 0.3) is 32.9 Å². The van der Waals surface area contributed by atoms with Crippen molar-refractivity contribution >= 4 is 41.5 Å². The number of unbranched alkanes of at least 4 members (excludes halogenated alkanes) is 12. The molecule has 2 atom stereocenters. The number of aryl methyl sites for hydroxylation is 1. The summed E-state index contributed by atoms with van der Waals surface area (Å²) in [5.41, 5.74) is 6.44. The number of hydrogen-bond acceptors (Lipinski definition) is 8. The number of anilines is 1. The van der Waals surface area contributed by atoms with E-state index >= 15 is 8.78 Å². The highest BCUT2D eigenvalue weighted by atomic mass is 28.3. The molecule has 1 amide bonds. The van der Waals surface area contributed by atoms with E-state index in [1.165, 1.54) is 96.0 Å². The van der Waals surface area contributed by atoms with Crippen LogP contribution in [-0.2, 0) is 4.79 Å². The number of aromatic nitrogens is 3. The van der Waals surface area contributed by atoms with Gasteiger partial charge in [0, 0.05) is 68.6 Å². The number of halogens is 2. The molecular weight excluding hydrogens is 943 g/mol. The molecule has 0 N–H and O–H groups in total. The Hall–Kier alpha value is -4.34. The van der Waals surface area contributed by atoms with Gasteiger partial charge in [-0.15, -0.1) is 5.54 Å². The number of carbonyl (C=O) groups is 1. The maximum Gasteiger partial charge on any atom is 0.319 e. The number of fused-ring (bicyclic) bond motifs is 4. The maximum atomic E-state index is 18.0. The summed E-state index contributed by atoms with van der Waals surface area (Å²) in [6.07, 6.45) is 23.2. The van der Waals surface area contributed by atoms with Crippen molar-refractivity contribution in [2.24, 2.45) is 17.3 Å². The lowest BCUT2D eigenvalue weighted by molar-refractivity contribution is -0.133. The number of carbonyl (C=O) groups excluding carboxylic acids is 1.